The van der Waals surface area contributed by atoms with Crippen molar-refractivity contribution in [3.63, 3.8) is 0 Å². The second-order valence-electron chi connectivity index (χ2n) is 4.08. The number of carbonyl (C=O) groups is 1. The molecule has 0 spiro atoms. The van der Waals surface area contributed by atoms with Crippen molar-refractivity contribution in [1.82, 2.24) is 4.98 Å². The molecule has 0 aliphatic carbocycles. The zero-order chi connectivity index (χ0) is 13.7. The van der Waals surface area contributed by atoms with E-state index >= 15 is 0 Å². The molecule has 0 saturated heterocycles. The minimum absolute atomic E-state index is 0.0701. The van der Waals surface area contributed by atoms with Crippen LogP contribution >= 0.6 is 11.6 Å². The molecule has 18 heavy (non-hydrogen) atoms. The van der Waals surface area contributed by atoms with Crippen LogP contribution in [0.25, 0.3) is 5.57 Å². The summed E-state index contributed by atoms with van der Waals surface area (Å²) in [6, 6.07) is 1.74. The fourth-order valence-corrected chi connectivity index (χ4v) is 1.91. The number of allylic oxidation sites excluding steroid dienone is 1. The van der Waals surface area contributed by atoms with Crippen LogP contribution in [0.3, 0.4) is 0 Å². The highest BCUT2D eigenvalue weighted by atomic mass is 35.5. The summed E-state index contributed by atoms with van der Waals surface area (Å²) in [5.74, 6) is -0.414. The van der Waals surface area contributed by atoms with E-state index in [-0.39, 0.29) is 18.1 Å². The molecule has 4 nitrogen and oxygen atoms in total. The van der Waals surface area contributed by atoms with Gasteiger partial charge in [-0.15, -0.1) is 0 Å². The molecule has 0 atom stereocenters. The first-order valence-corrected chi connectivity index (χ1v) is 6.15. The summed E-state index contributed by atoms with van der Waals surface area (Å²) >= 11 is 5.87. The highest BCUT2D eigenvalue weighted by Crippen LogP contribution is 2.27. The van der Waals surface area contributed by atoms with Crippen LogP contribution in [-0.4, -0.2) is 23.8 Å². The average Bonchev–Trinajstić information content (AvgIpc) is 2.71. The molecule has 0 fully saturated rings. The minimum atomic E-state index is -0.484. The van der Waals surface area contributed by atoms with Crippen molar-refractivity contribution in [2.45, 2.75) is 20.8 Å². The van der Waals surface area contributed by atoms with Crippen molar-refractivity contribution in [1.29, 1.82) is 5.41 Å². The van der Waals surface area contributed by atoms with Gasteiger partial charge in [0, 0.05) is 18.1 Å². The predicted molar refractivity (Wildman–Crippen MR) is 73.0 cm³/mol. The molecule has 0 unspecified atom stereocenters. The number of halogens is 1. The summed E-state index contributed by atoms with van der Waals surface area (Å²) in [4.78, 5) is 14.8. The second-order valence-corrected chi connectivity index (χ2v) is 4.51. The number of aromatic amines is 1. The lowest BCUT2D eigenvalue weighted by Gasteiger charge is -2.13. The van der Waals surface area contributed by atoms with Gasteiger partial charge in [-0.25, -0.2) is 4.79 Å². The highest BCUT2D eigenvalue weighted by Gasteiger charge is 2.19. The van der Waals surface area contributed by atoms with Gasteiger partial charge >= 0.3 is 5.97 Å². The maximum Gasteiger partial charge on any atom is 0.340 e. The lowest BCUT2D eigenvalue weighted by Crippen LogP contribution is -2.13. The third-order valence-corrected chi connectivity index (χ3v) is 2.66. The van der Waals surface area contributed by atoms with Crippen LogP contribution < -0.4 is 0 Å². The normalized spacial score (nSPS) is 12.3. The lowest BCUT2D eigenvalue weighted by atomic mass is 9.94. The zero-order valence-electron chi connectivity index (χ0n) is 10.7. The van der Waals surface area contributed by atoms with Gasteiger partial charge in [-0.3, -0.25) is 0 Å². The Morgan fingerprint density at radius 1 is 1.61 bits per heavy atom. The van der Waals surface area contributed by atoms with Crippen LogP contribution in [0.5, 0.6) is 0 Å². The lowest BCUT2D eigenvalue weighted by molar-refractivity contribution is -0.137. The first kappa shape index (κ1) is 14.5. The molecule has 1 aromatic heterocycles. The molecule has 98 valence electrons. The largest absolute Gasteiger partial charge is 0.462 e. The number of hydrogen-bond donors (Lipinski definition) is 2. The third kappa shape index (κ3) is 3.23. The van der Waals surface area contributed by atoms with Gasteiger partial charge in [0.1, 0.15) is 0 Å². The van der Waals surface area contributed by atoms with E-state index in [0.29, 0.717) is 5.02 Å². The zero-order valence-corrected chi connectivity index (χ0v) is 11.5. The van der Waals surface area contributed by atoms with Crippen LogP contribution in [0, 0.1) is 11.3 Å². The summed E-state index contributed by atoms with van der Waals surface area (Å²) in [7, 11) is 0. The Bertz CT molecular complexity index is 475. The van der Waals surface area contributed by atoms with E-state index in [9.17, 15) is 4.79 Å². The van der Waals surface area contributed by atoms with Crippen molar-refractivity contribution in [2.24, 2.45) is 5.92 Å². The minimum Gasteiger partial charge on any atom is -0.462 e. The van der Waals surface area contributed by atoms with Crippen LogP contribution in [0.1, 0.15) is 26.5 Å². The topological polar surface area (TPSA) is 65.9 Å². The fourth-order valence-electron chi connectivity index (χ4n) is 1.75. The van der Waals surface area contributed by atoms with Crippen molar-refractivity contribution in [3.05, 3.63) is 28.6 Å². The summed E-state index contributed by atoms with van der Waals surface area (Å²) in [5.41, 5.74) is 1.72. The van der Waals surface area contributed by atoms with Gasteiger partial charge in [0.25, 0.3) is 0 Å². The first-order chi connectivity index (χ1) is 8.51. The molecule has 0 amide bonds. The molecule has 0 aromatic carbocycles. The average molecular weight is 269 g/mol. The van der Waals surface area contributed by atoms with Crippen LogP contribution in [0.15, 0.2) is 17.8 Å². The van der Waals surface area contributed by atoms with E-state index in [4.69, 9.17) is 21.7 Å². The molecule has 2 N–H and O–H groups in total. The maximum absolute atomic E-state index is 11.8. The summed E-state index contributed by atoms with van der Waals surface area (Å²) in [6.07, 6.45) is 2.67. The molecule has 1 heterocycles. The Kier molecular flexibility index (Phi) is 5.16. The molecule has 0 aliphatic rings. The Balaban J connectivity index is 3.31. The van der Waals surface area contributed by atoms with Gasteiger partial charge in [0.2, 0.25) is 0 Å². The monoisotopic (exact) mass is 268 g/mol. The van der Waals surface area contributed by atoms with E-state index in [1.807, 2.05) is 13.8 Å². The number of aromatic nitrogens is 1. The fraction of sp³-hybridized carbons (Fsp3) is 0.385. The molecule has 1 rings (SSSR count). The van der Waals surface area contributed by atoms with Crippen molar-refractivity contribution in [2.75, 3.05) is 6.61 Å². The molecular formula is C13H17ClN2O2. The van der Waals surface area contributed by atoms with Crippen LogP contribution in [0.4, 0.5) is 0 Å². The molecule has 0 saturated carbocycles. The second kappa shape index (κ2) is 6.40. The standard InChI is InChI=1S/C13H17ClN2O2/c1-4-18-13(17)10(6-15)12(8(2)3)11-5-9(14)7-16-11/h5-8,15-16H,4H2,1-3H3/b12-10+,15-6?. The maximum atomic E-state index is 11.8. The van der Waals surface area contributed by atoms with Crippen LogP contribution in [-0.2, 0) is 9.53 Å². The van der Waals surface area contributed by atoms with Gasteiger partial charge in [-0.1, -0.05) is 25.4 Å². The molecular weight excluding hydrogens is 252 g/mol. The molecule has 0 aliphatic heterocycles. The van der Waals surface area contributed by atoms with Crippen LogP contribution in [0.2, 0.25) is 5.02 Å². The van der Waals surface area contributed by atoms with Gasteiger partial charge < -0.3 is 15.1 Å². The SMILES string of the molecule is CCOC(=O)/C(C=N)=C(/c1cc(Cl)c[nH]1)C(C)C. The van der Waals surface area contributed by atoms with Crippen molar-refractivity contribution < 1.29 is 9.53 Å². The van der Waals surface area contributed by atoms with E-state index < -0.39 is 5.97 Å². The summed E-state index contributed by atoms with van der Waals surface area (Å²) < 4.78 is 4.96. The Morgan fingerprint density at radius 3 is 2.67 bits per heavy atom. The third-order valence-electron chi connectivity index (χ3n) is 2.45. The molecule has 1 aromatic rings. The number of esters is 1. The number of rotatable bonds is 5. The quantitative estimate of drug-likeness (QED) is 0.489. The first-order valence-electron chi connectivity index (χ1n) is 5.77. The highest BCUT2D eigenvalue weighted by molar-refractivity contribution is 6.30. The molecule has 0 bridgehead atoms. The number of H-pyrrole nitrogens is 1. The summed E-state index contributed by atoms with van der Waals surface area (Å²) in [6.45, 7) is 5.92. The van der Waals surface area contributed by atoms with E-state index in [2.05, 4.69) is 4.98 Å². The summed E-state index contributed by atoms with van der Waals surface area (Å²) in [5, 5.41) is 7.98. The number of hydrogen-bond acceptors (Lipinski definition) is 3. The number of ether oxygens (including phenoxy) is 1. The van der Waals surface area contributed by atoms with E-state index in [1.165, 1.54) is 0 Å². The van der Waals surface area contributed by atoms with E-state index in [1.54, 1.807) is 19.2 Å². The Hall–Kier alpha value is -1.55. The van der Waals surface area contributed by atoms with Crippen molar-refractivity contribution in [3.8, 4) is 0 Å². The predicted octanol–water partition coefficient (Wildman–Crippen LogP) is 3.29. The number of carbonyl (C=O) groups excluding carboxylic acids is 1. The Labute approximate surface area is 111 Å². The van der Waals surface area contributed by atoms with E-state index in [0.717, 1.165) is 17.5 Å². The Morgan fingerprint density at radius 2 is 2.28 bits per heavy atom. The van der Waals surface area contributed by atoms with Gasteiger partial charge in [-0.05, 0) is 24.5 Å². The molecule has 0 radical (unpaired) electrons. The van der Waals surface area contributed by atoms with Crippen molar-refractivity contribution >= 4 is 29.4 Å². The van der Waals surface area contributed by atoms with Gasteiger partial charge in [-0.2, -0.15) is 0 Å². The number of nitrogens with one attached hydrogen (secondary N) is 2. The van der Waals surface area contributed by atoms with Gasteiger partial charge in [0.05, 0.1) is 17.2 Å². The smallest absolute Gasteiger partial charge is 0.340 e. The van der Waals surface area contributed by atoms with Gasteiger partial charge in [0.15, 0.2) is 0 Å². The molecule has 5 heteroatoms.